The Morgan fingerprint density at radius 3 is 2.54 bits per heavy atom. The molecule has 1 aliphatic heterocycles. The Morgan fingerprint density at radius 1 is 1.15 bits per heavy atom. The number of aliphatic hydroxyl groups excluding tert-OH is 1. The average molecular weight is 535 g/mol. The molecule has 204 valence electrons. The normalized spacial score (nSPS) is 23.2. The minimum atomic E-state index is -2.68. The highest BCUT2D eigenvalue weighted by molar-refractivity contribution is 5.99. The van der Waals surface area contributed by atoms with Crippen LogP contribution in [-0.4, -0.2) is 50.1 Å². The topological polar surface area (TPSA) is 98.3 Å². The number of benzene rings is 2. The zero-order valence-corrected chi connectivity index (χ0v) is 22.2. The lowest BCUT2D eigenvalue weighted by atomic mass is 9.82. The number of nitrogens with one attached hydrogen (secondary N) is 2. The number of nitrogens with zero attached hydrogens (tertiary/aromatic N) is 2. The first-order valence-corrected chi connectivity index (χ1v) is 13.4. The SMILES string of the molecule is CC(O)C1(C)Cc2[nH]nc(-c3ccc4c(c3)CN([C@H](C)c3ccc(C(=O)NC5CC(F)(F)C5)cc3)C4=O)c2C1. The summed E-state index contributed by atoms with van der Waals surface area (Å²) in [6.45, 7) is 6.33. The lowest BCUT2D eigenvalue weighted by Gasteiger charge is -2.35. The van der Waals surface area contributed by atoms with Gasteiger partial charge in [0.15, 0.2) is 0 Å². The third kappa shape index (κ3) is 4.42. The number of fused-ring (bicyclic) bond motifs is 2. The molecule has 3 N–H and O–H groups in total. The van der Waals surface area contributed by atoms with Gasteiger partial charge in [-0.05, 0) is 62.1 Å². The number of aliphatic hydroxyl groups is 1. The zero-order valence-electron chi connectivity index (χ0n) is 22.2. The highest BCUT2D eigenvalue weighted by Crippen LogP contribution is 2.43. The number of H-pyrrole nitrogens is 1. The largest absolute Gasteiger partial charge is 0.393 e. The summed E-state index contributed by atoms with van der Waals surface area (Å²) in [5, 5.41) is 20.6. The lowest BCUT2D eigenvalue weighted by molar-refractivity contribution is -0.0901. The van der Waals surface area contributed by atoms with Gasteiger partial charge in [-0.2, -0.15) is 5.10 Å². The van der Waals surface area contributed by atoms with Crippen molar-refractivity contribution < 1.29 is 23.5 Å². The van der Waals surface area contributed by atoms with Crippen molar-refractivity contribution in [2.24, 2.45) is 5.41 Å². The summed E-state index contributed by atoms with van der Waals surface area (Å²) in [6, 6.07) is 12.1. The van der Waals surface area contributed by atoms with Crippen LogP contribution in [0.15, 0.2) is 42.5 Å². The molecule has 39 heavy (non-hydrogen) atoms. The number of carbonyl (C=O) groups is 2. The number of alkyl halides is 2. The van der Waals surface area contributed by atoms with Gasteiger partial charge >= 0.3 is 0 Å². The van der Waals surface area contributed by atoms with Crippen molar-refractivity contribution in [3.8, 4) is 11.3 Å². The molecule has 1 fully saturated rings. The van der Waals surface area contributed by atoms with Crippen LogP contribution in [0.25, 0.3) is 11.3 Å². The van der Waals surface area contributed by atoms with Gasteiger partial charge in [0, 0.05) is 58.8 Å². The van der Waals surface area contributed by atoms with E-state index in [1.807, 2.05) is 44.2 Å². The summed E-state index contributed by atoms with van der Waals surface area (Å²) in [4.78, 5) is 27.5. The predicted octanol–water partition coefficient (Wildman–Crippen LogP) is 4.81. The van der Waals surface area contributed by atoms with Gasteiger partial charge in [-0.1, -0.05) is 25.1 Å². The molecular weight excluding hydrogens is 502 g/mol. The third-order valence-corrected chi connectivity index (χ3v) is 8.88. The molecule has 1 saturated carbocycles. The van der Waals surface area contributed by atoms with Crippen molar-refractivity contribution >= 4 is 11.8 Å². The molecule has 2 heterocycles. The molecule has 0 saturated heterocycles. The van der Waals surface area contributed by atoms with E-state index in [0.717, 1.165) is 46.5 Å². The summed E-state index contributed by atoms with van der Waals surface area (Å²) in [7, 11) is 0. The molecule has 0 bridgehead atoms. The van der Waals surface area contributed by atoms with Crippen molar-refractivity contribution in [1.29, 1.82) is 0 Å². The first-order valence-electron chi connectivity index (χ1n) is 13.4. The first kappa shape index (κ1) is 25.7. The smallest absolute Gasteiger partial charge is 0.255 e. The molecule has 2 amide bonds. The number of hydrogen-bond donors (Lipinski definition) is 3. The van der Waals surface area contributed by atoms with Crippen molar-refractivity contribution in [3.63, 3.8) is 0 Å². The summed E-state index contributed by atoms with van der Waals surface area (Å²) in [5.74, 6) is -3.10. The van der Waals surface area contributed by atoms with Crippen molar-refractivity contribution in [2.75, 3.05) is 0 Å². The van der Waals surface area contributed by atoms with E-state index >= 15 is 0 Å². The molecule has 3 aromatic rings. The molecule has 0 spiro atoms. The molecule has 1 aromatic heterocycles. The second kappa shape index (κ2) is 8.98. The molecule has 6 rings (SSSR count). The Kier molecular flexibility index (Phi) is 5.91. The number of halogens is 2. The average Bonchev–Trinajstić information content (AvgIpc) is 3.53. The van der Waals surface area contributed by atoms with E-state index in [9.17, 15) is 23.5 Å². The monoisotopic (exact) mass is 534 g/mol. The first-order chi connectivity index (χ1) is 18.4. The number of aromatic amines is 1. The Morgan fingerprint density at radius 2 is 1.87 bits per heavy atom. The molecule has 7 nitrogen and oxygen atoms in total. The third-order valence-electron chi connectivity index (χ3n) is 8.88. The molecule has 3 aliphatic rings. The number of hydrogen-bond acceptors (Lipinski definition) is 4. The Hall–Kier alpha value is -3.59. The Bertz CT molecular complexity index is 1460. The number of amides is 2. The fraction of sp³-hybridized carbons (Fsp3) is 0.433. The Labute approximate surface area is 225 Å². The molecule has 2 unspecified atom stereocenters. The van der Waals surface area contributed by atoms with E-state index in [-0.39, 0.29) is 36.1 Å². The minimum absolute atomic E-state index is 0.0503. The van der Waals surface area contributed by atoms with Gasteiger partial charge in [0.1, 0.15) is 0 Å². The van der Waals surface area contributed by atoms with E-state index in [4.69, 9.17) is 0 Å². The second-order valence-electron chi connectivity index (χ2n) is 11.8. The highest BCUT2D eigenvalue weighted by atomic mass is 19.3. The number of carbonyl (C=O) groups excluding carboxylic acids is 2. The number of rotatable bonds is 6. The summed E-state index contributed by atoms with van der Waals surface area (Å²) in [5.41, 5.74) is 6.67. The van der Waals surface area contributed by atoms with Crippen molar-refractivity contribution in [3.05, 3.63) is 76.0 Å². The summed E-state index contributed by atoms with van der Waals surface area (Å²) < 4.78 is 26.1. The van der Waals surface area contributed by atoms with Gasteiger partial charge in [0.25, 0.3) is 17.7 Å². The van der Waals surface area contributed by atoms with E-state index in [1.54, 1.807) is 17.0 Å². The van der Waals surface area contributed by atoms with Crippen LogP contribution in [0.2, 0.25) is 0 Å². The lowest BCUT2D eigenvalue weighted by Crippen LogP contribution is -2.50. The van der Waals surface area contributed by atoms with Crippen LogP contribution in [0, 0.1) is 5.41 Å². The van der Waals surface area contributed by atoms with Gasteiger partial charge in [0.05, 0.1) is 17.8 Å². The van der Waals surface area contributed by atoms with Crippen LogP contribution in [0.4, 0.5) is 8.78 Å². The predicted molar refractivity (Wildman–Crippen MR) is 141 cm³/mol. The van der Waals surface area contributed by atoms with E-state index < -0.39 is 18.1 Å². The standard InChI is InChI=1S/C30H32F2N4O3/c1-16(18-4-6-19(7-5-18)27(38)33-22-11-30(31,32)12-22)36-15-21-10-20(8-9-23(21)28(36)39)26-24-13-29(3,17(2)37)14-25(24)34-35-26/h4-10,16-17,22,37H,11-15H2,1-3H3,(H,33,38)(H,34,35)/t16-,17?,29?/m1/s1. The van der Waals surface area contributed by atoms with Crippen LogP contribution in [0.1, 0.15) is 82.8 Å². The quantitative estimate of drug-likeness (QED) is 0.423. The van der Waals surface area contributed by atoms with Gasteiger partial charge in [0.2, 0.25) is 0 Å². The second-order valence-corrected chi connectivity index (χ2v) is 11.8. The maximum Gasteiger partial charge on any atom is 0.255 e. The van der Waals surface area contributed by atoms with Gasteiger partial charge in [-0.25, -0.2) is 8.78 Å². The van der Waals surface area contributed by atoms with E-state index in [2.05, 4.69) is 22.4 Å². The van der Waals surface area contributed by atoms with Crippen LogP contribution in [0.5, 0.6) is 0 Å². The fourth-order valence-electron chi connectivity index (χ4n) is 6.07. The van der Waals surface area contributed by atoms with E-state index in [0.29, 0.717) is 17.7 Å². The minimum Gasteiger partial charge on any atom is -0.393 e. The maximum absolute atomic E-state index is 13.3. The van der Waals surface area contributed by atoms with Crippen LogP contribution in [-0.2, 0) is 19.4 Å². The molecule has 9 heteroatoms. The fourth-order valence-corrected chi connectivity index (χ4v) is 6.07. The highest BCUT2D eigenvalue weighted by Gasteiger charge is 2.46. The van der Waals surface area contributed by atoms with Gasteiger partial charge < -0.3 is 15.3 Å². The summed E-state index contributed by atoms with van der Waals surface area (Å²) in [6.07, 6.45) is 0.414. The molecule has 0 radical (unpaired) electrons. The molecular formula is C30H32F2N4O3. The molecule has 3 atom stereocenters. The van der Waals surface area contributed by atoms with E-state index in [1.165, 1.54) is 0 Å². The number of aromatic nitrogens is 2. The van der Waals surface area contributed by atoms with Crippen molar-refractivity contribution in [1.82, 2.24) is 20.4 Å². The maximum atomic E-state index is 13.3. The zero-order chi connectivity index (χ0) is 27.7. The van der Waals surface area contributed by atoms with Gasteiger partial charge in [-0.3, -0.25) is 14.7 Å². The van der Waals surface area contributed by atoms with Crippen LogP contribution in [0.3, 0.4) is 0 Å². The Balaban J connectivity index is 1.16. The molecule has 2 aliphatic carbocycles. The summed E-state index contributed by atoms with van der Waals surface area (Å²) >= 11 is 0. The molecule has 2 aromatic carbocycles. The van der Waals surface area contributed by atoms with Crippen molar-refractivity contribution in [2.45, 2.75) is 77.1 Å². The van der Waals surface area contributed by atoms with Gasteiger partial charge in [-0.15, -0.1) is 0 Å². The van der Waals surface area contributed by atoms with Crippen LogP contribution >= 0.6 is 0 Å². The van der Waals surface area contributed by atoms with Crippen LogP contribution < -0.4 is 5.32 Å².